The van der Waals surface area contributed by atoms with Gasteiger partial charge in [0.15, 0.2) is 6.79 Å². The van der Waals surface area contributed by atoms with Crippen LogP contribution in [0.3, 0.4) is 0 Å². The lowest BCUT2D eigenvalue weighted by Crippen LogP contribution is -2.38. The minimum absolute atomic E-state index is 0.342. The van der Waals surface area contributed by atoms with Crippen LogP contribution in [-0.2, 0) is 17.9 Å². The SMILES string of the molecule is C[C@@H]1C[C@@H](C)CN(Cc2cc(Cl)cc3c2OCOC3)C1. The highest BCUT2D eigenvalue weighted by Crippen LogP contribution is 2.33. The maximum absolute atomic E-state index is 6.23. The fraction of sp³-hybridized carbons (Fsp3) is 0.625. The van der Waals surface area contributed by atoms with E-state index < -0.39 is 0 Å². The van der Waals surface area contributed by atoms with Crippen molar-refractivity contribution in [1.29, 1.82) is 0 Å². The number of piperidine rings is 1. The molecule has 1 saturated heterocycles. The van der Waals surface area contributed by atoms with Gasteiger partial charge in [-0.15, -0.1) is 0 Å². The lowest BCUT2D eigenvalue weighted by atomic mass is 9.91. The summed E-state index contributed by atoms with van der Waals surface area (Å²) in [4.78, 5) is 2.52. The molecule has 110 valence electrons. The largest absolute Gasteiger partial charge is 0.467 e. The molecule has 1 aromatic carbocycles. The molecular weight excluding hydrogens is 274 g/mol. The highest BCUT2D eigenvalue weighted by atomic mass is 35.5. The van der Waals surface area contributed by atoms with E-state index in [4.69, 9.17) is 21.1 Å². The predicted molar refractivity (Wildman–Crippen MR) is 80.0 cm³/mol. The molecule has 3 rings (SSSR count). The molecule has 0 radical (unpaired) electrons. The van der Waals surface area contributed by atoms with Gasteiger partial charge in [-0.2, -0.15) is 0 Å². The Hall–Kier alpha value is -0.770. The summed E-state index contributed by atoms with van der Waals surface area (Å²) >= 11 is 6.23. The van der Waals surface area contributed by atoms with Gasteiger partial charge in [0.25, 0.3) is 0 Å². The Morgan fingerprint density at radius 2 is 2.00 bits per heavy atom. The average molecular weight is 296 g/mol. The zero-order valence-electron chi connectivity index (χ0n) is 12.2. The molecule has 2 heterocycles. The molecule has 1 fully saturated rings. The smallest absolute Gasteiger partial charge is 0.189 e. The van der Waals surface area contributed by atoms with Gasteiger partial charge in [-0.25, -0.2) is 0 Å². The fourth-order valence-corrected chi connectivity index (χ4v) is 3.80. The summed E-state index contributed by atoms with van der Waals surface area (Å²) in [6, 6.07) is 3.98. The average Bonchev–Trinajstić information content (AvgIpc) is 2.37. The molecule has 1 aromatic rings. The molecule has 0 unspecified atom stereocenters. The number of hydrogen-bond donors (Lipinski definition) is 0. The number of ether oxygens (including phenoxy) is 2. The van der Waals surface area contributed by atoms with E-state index in [9.17, 15) is 0 Å². The van der Waals surface area contributed by atoms with Crippen LogP contribution in [-0.4, -0.2) is 24.8 Å². The van der Waals surface area contributed by atoms with Gasteiger partial charge in [-0.05, 0) is 30.4 Å². The normalized spacial score (nSPS) is 26.9. The highest BCUT2D eigenvalue weighted by Gasteiger charge is 2.24. The zero-order chi connectivity index (χ0) is 14.1. The van der Waals surface area contributed by atoms with Gasteiger partial charge in [0.2, 0.25) is 0 Å². The summed E-state index contributed by atoms with van der Waals surface area (Å²) in [5.74, 6) is 2.50. The molecule has 2 aliphatic rings. The van der Waals surface area contributed by atoms with Crippen molar-refractivity contribution >= 4 is 11.6 Å². The van der Waals surface area contributed by atoms with Crippen molar-refractivity contribution in [2.45, 2.75) is 33.4 Å². The van der Waals surface area contributed by atoms with E-state index >= 15 is 0 Å². The summed E-state index contributed by atoms with van der Waals surface area (Å²) in [6.07, 6.45) is 1.33. The topological polar surface area (TPSA) is 21.7 Å². The first-order valence-corrected chi connectivity index (χ1v) is 7.74. The van der Waals surface area contributed by atoms with E-state index in [1.165, 1.54) is 12.0 Å². The van der Waals surface area contributed by atoms with Crippen molar-refractivity contribution in [2.75, 3.05) is 19.9 Å². The number of rotatable bonds is 2. The third kappa shape index (κ3) is 3.11. The van der Waals surface area contributed by atoms with Gasteiger partial charge >= 0.3 is 0 Å². The van der Waals surface area contributed by atoms with E-state index in [0.29, 0.717) is 13.4 Å². The Labute approximate surface area is 125 Å². The Morgan fingerprint density at radius 3 is 2.75 bits per heavy atom. The van der Waals surface area contributed by atoms with Crippen molar-refractivity contribution in [1.82, 2.24) is 4.90 Å². The van der Waals surface area contributed by atoms with Gasteiger partial charge < -0.3 is 9.47 Å². The minimum Gasteiger partial charge on any atom is -0.467 e. The molecule has 0 N–H and O–H groups in total. The van der Waals surface area contributed by atoms with E-state index in [1.54, 1.807) is 0 Å². The summed E-state index contributed by atoms with van der Waals surface area (Å²) in [5, 5.41) is 0.769. The zero-order valence-corrected chi connectivity index (χ0v) is 12.9. The van der Waals surface area contributed by atoms with Crippen LogP contribution in [0, 0.1) is 11.8 Å². The van der Waals surface area contributed by atoms with Crippen LogP contribution in [0.15, 0.2) is 12.1 Å². The van der Waals surface area contributed by atoms with Gasteiger partial charge in [-0.3, -0.25) is 4.90 Å². The van der Waals surface area contributed by atoms with Crippen LogP contribution in [0.4, 0.5) is 0 Å². The number of likely N-dealkylation sites (tertiary alicyclic amines) is 1. The monoisotopic (exact) mass is 295 g/mol. The Morgan fingerprint density at radius 1 is 1.25 bits per heavy atom. The molecule has 0 amide bonds. The third-order valence-electron chi connectivity index (χ3n) is 4.09. The summed E-state index contributed by atoms with van der Waals surface area (Å²) < 4.78 is 11.0. The summed E-state index contributed by atoms with van der Waals surface area (Å²) in [6.45, 7) is 8.83. The molecular formula is C16H22ClNO2. The molecule has 0 aromatic heterocycles. The van der Waals surface area contributed by atoms with Gasteiger partial charge in [0, 0.05) is 35.8 Å². The number of nitrogens with zero attached hydrogens (tertiary/aromatic N) is 1. The van der Waals surface area contributed by atoms with Gasteiger partial charge in [-0.1, -0.05) is 25.4 Å². The van der Waals surface area contributed by atoms with Crippen LogP contribution >= 0.6 is 11.6 Å². The number of halogens is 1. The lowest BCUT2D eigenvalue weighted by Gasteiger charge is -2.35. The van der Waals surface area contributed by atoms with Crippen molar-refractivity contribution in [3.05, 3.63) is 28.3 Å². The Balaban J connectivity index is 1.81. The van der Waals surface area contributed by atoms with E-state index in [0.717, 1.165) is 47.8 Å². The molecule has 0 aliphatic carbocycles. The van der Waals surface area contributed by atoms with Crippen LogP contribution in [0.1, 0.15) is 31.4 Å². The van der Waals surface area contributed by atoms with Crippen molar-refractivity contribution < 1.29 is 9.47 Å². The van der Waals surface area contributed by atoms with Gasteiger partial charge in [0.1, 0.15) is 5.75 Å². The minimum atomic E-state index is 0.342. The maximum Gasteiger partial charge on any atom is 0.189 e. The van der Waals surface area contributed by atoms with E-state index in [-0.39, 0.29) is 0 Å². The third-order valence-corrected chi connectivity index (χ3v) is 4.31. The van der Waals surface area contributed by atoms with Crippen LogP contribution in [0.25, 0.3) is 0 Å². The first kappa shape index (κ1) is 14.2. The maximum atomic E-state index is 6.23. The molecule has 0 bridgehead atoms. The number of benzene rings is 1. The molecule has 0 saturated carbocycles. The number of hydrogen-bond acceptors (Lipinski definition) is 3. The van der Waals surface area contributed by atoms with Crippen molar-refractivity contribution in [2.24, 2.45) is 11.8 Å². The molecule has 20 heavy (non-hydrogen) atoms. The second kappa shape index (κ2) is 5.92. The second-order valence-corrected chi connectivity index (χ2v) is 6.74. The van der Waals surface area contributed by atoms with E-state index in [2.05, 4.69) is 18.7 Å². The molecule has 2 atom stereocenters. The Kier molecular flexibility index (Phi) is 4.20. The van der Waals surface area contributed by atoms with E-state index in [1.807, 2.05) is 12.1 Å². The molecule has 2 aliphatic heterocycles. The highest BCUT2D eigenvalue weighted by molar-refractivity contribution is 6.30. The van der Waals surface area contributed by atoms with Crippen LogP contribution < -0.4 is 4.74 Å². The Bertz CT molecular complexity index is 482. The summed E-state index contributed by atoms with van der Waals surface area (Å²) in [5.41, 5.74) is 2.26. The van der Waals surface area contributed by atoms with Crippen LogP contribution in [0.5, 0.6) is 5.75 Å². The molecule has 4 heteroatoms. The quantitative estimate of drug-likeness (QED) is 0.831. The predicted octanol–water partition coefficient (Wildman–Crippen LogP) is 3.68. The second-order valence-electron chi connectivity index (χ2n) is 6.30. The fourth-order valence-electron chi connectivity index (χ4n) is 3.54. The van der Waals surface area contributed by atoms with Crippen LogP contribution in [0.2, 0.25) is 5.02 Å². The van der Waals surface area contributed by atoms with Crippen molar-refractivity contribution in [3.63, 3.8) is 0 Å². The van der Waals surface area contributed by atoms with Crippen molar-refractivity contribution in [3.8, 4) is 5.75 Å². The number of fused-ring (bicyclic) bond motifs is 1. The standard InChI is InChI=1S/C16H22ClNO2/c1-11-3-12(2)7-18(6-11)8-13-4-15(17)5-14-9-19-10-20-16(13)14/h4-5,11-12H,3,6-10H2,1-2H3/t11-,12-/m1/s1. The molecule has 3 nitrogen and oxygen atoms in total. The summed E-state index contributed by atoms with van der Waals surface area (Å²) in [7, 11) is 0. The van der Waals surface area contributed by atoms with Gasteiger partial charge in [0.05, 0.1) is 6.61 Å². The first-order valence-electron chi connectivity index (χ1n) is 7.36. The first-order chi connectivity index (χ1) is 9.61. The lowest BCUT2D eigenvalue weighted by molar-refractivity contribution is -0.0177. The molecule has 0 spiro atoms.